The fraction of sp³-hybridized carbons (Fsp3) is 0.400. The Morgan fingerprint density at radius 3 is 2.25 bits per heavy atom. The second-order valence-corrected chi connectivity index (χ2v) is 5.61. The first-order valence-electron chi connectivity index (χ1n) is 8.30. The van der Waals surface area contributed by atoms with E-state index in [2.05, 4.69) is 29.6 Å². The van der Waals surface area contributed by atoms with Crippen molar-refractivity contribution in [3.8, 4) is 22.6 Å². The van der Waals surface area contributed by atoms with Crippen molar-refractivity contribution >= 4 is 0 Å². The minimum atomic E-state index is 0.750. The van der Waals surface area contributed by atoms with Crippen LogP contribution in [0.15, 0.2) is 42.5 Å². The normalized spacial score (nSPS) is 10.6. The standard InChI is InChI=1S/C20H27NO3/c1-22-12-8-7-11-21-15-17-13-19(23-2)20(24-3)14-18(17)16-9-5-4-6-10-16/h4-6,9-10,13-14,21H,7-8,11-12,15H2,1-3H3. The third kappa shape index (κ3) is 4.98. The van der Waals surface area contributed by atoms with Crippen molar-refractivity contribution in [2.45, 2.75) is 19.4 Å². The monoisotopic (exact) mass is 329 g/mol. The van der Waals surface area contributed by atoms with Crippen molar-refractivity contribution in [2.24, 2.45) is 0 Å². The molecule has 4 heteroatoms. The lowest BCUT2D eigenvalue weighted by atomic mass is 9.98. The van der Waals surface area contributed by atoms with Crippen molar-refractivity contribution in [2.75, 3.05) is 34.5 Å². The summed E-state index contributed by atoms with van der Waals surface area (Å²) < 4.78 is 16.0. The maximum absolute atomic E-state index is 5.46. The fourth-order valence-electron chi connectivity index (χ4n) is 2.67. The highest BCUT2D eigenvalue weighted by molar-refractivity contribution is 5.71. The molecular formula is C20H27NO3. The highest BCUT2D eigenvalue weighted by Crippen LogP contribution is 2.35. The van der Waals surface area contributed by atoms with Crippen LogP contribution in [0, 0.1) is 0 Å². The number of unbranched alkanes of at least 4 members (excludes halogenated alkanes) is 1. The number of rotatable bonds is 10. The molecule has 0 saturated carbocycles. The Balaban J connectivity index is 2.17. The van der Waals surface area contributed by atoms with Crippen LogP contribution in [0.5, 0.6) is 11.5 Å². The second kappa shape index (κ2) is 9.96. The summed E-state index contributed by atoms with van der Waals surface area (Å²) >= 11 is 0. The summed E-state index contributed by atoms with van der Waals surface area (Å²) in [5.74, 6) is 1.51. The van der Waals surface area contributed by atoms with Gasteiger partial charge in [0.2, 0.25) is 0 Å². The summed E-state index contributed by atoms with van der Waals surface area (Å²) in [5, 5.41) is 3.51. The number of benzene rings is 2. The fourth-order valence-corrected chi connectivity index (χ4v) is 2.67. The number of hydrogen-bond donors (Lipinski definition) is 1. The molecule has 2 aromatic rings. The van der Waals surface area contributed by atoms with Crippen molar-refractivity contribution < 1.29 is 14.2 Å². The van der Waals surface area contributed by atoms with E-state index in [1.54, 1.807) is 21.3 Å². The van der Waals surface area contributed by atoms with E-state index in [0.717, 1.165) is 49.6 Å². The van der Waals surface area contributed by atoms with Gasteiger partial charge in [0.15, 0.2) is 11.5 Å². The van der Waals surface area contributed by atoms with Crippen molar-refractivity contribution in [3.63, 3.8) is 0 Å². The average Bonchev–Trinajstić information content (AvgIpc) is 2.64. The molecular weight excluding hydrogens is 302 g/mol. The molecule has 0 radical (unpaired) electrons. The Kier molecular flexibility index (Phi) is 7.59. The Labute approximate surface area is 144 Å². The van der Waals surface area contributed by atoms with Gasteiger partial charge in [-0.15, -0.1) is 0 Å². The predicted octanol–water partition coefficient (Wildman–Crippen LogP) is 3.89. The zero-order valence-electron chi connectivity index (χ0n) is 14.8. The van der Waals surface area contributed by atoms with Crippen LogP contribution in [-0.2, 0) is 11.3 Å². The highest BCUT2D eigenvalue weighted by Gasteiger charge is 2.12. The van der Waals surface area contributed by atoms with Gasteiger partial charge in [0.25, 0.3) is 0 Å². The Bertz CT molecular complexity index is 614. The van der Waals surface area contributed by atoms with Crippen LogP contribution in [0.25, 0.3) is 11.1 Å². The summed E-state index contributed by atoms with van der Waals surface area (Å²) in [6.07, 6.45) is 2.17. The molecule has 0 aliphatic rings. The first-order valence-corrected chi connectivity index (χ1v) is 8.30. The number of hydrogen-bond acceptors (Lipinski definition) is 4. The van der Waals surface area contributed by atoms with Crippen LogP contribution in [0.3, 0.4) is 0 Å². The smallest absolute Gasteiger partial charge is 0.161 e. The van der Waals surface area contributed by atoms with E-state index in [4.69, 9.17) is 14.2 Å². The maximum Gasteiger partial charge on any atom is 0.161 e. The van der Waals surface area contributed by atoms with E-state index in [0.29, 0.717) is 0 Å². The molecule has 0 aliphatic heterocycles. The summed E-state index contributed by atoms with van der Waals surface area (Å²) in [7, 11) is 5.07. The average molecular weight is 329 g/mol. The molecule has 0 spiro atoms. The van der Waals surface area contributed by atoms with E-state index in [-0.39, 0.29) is 0 Å². The molecule has 130 valence electrons. The molecule has 0 saturated heterocycles. The van der Waals surface area contributed by atoms with E-state index in [9.17, 15) is 0 Å². The zero-order chi connectivity index (χ0) is 17.2. The van der Waals surface area contributed by atoms with Gasteiger partial charge < -0.3 is 19.5 Å². The van der Waals surface area contributed by atoms with Crippen molar-refractivity contribution in [1.29, 1.82) is 0 Å². The molecule has 0 fully saturated rings. The Morgan fingerprint density at radius 1 is 0.875 bits per heavy atom. The predicted molar refractivity (Wildman–Crippen MR) is 97.8 cm³/mol. The van der Waals surface area contributed by atoms with Crippen LogP contribution < -0.4 is 14.8 Å². The van der Waals surface area contributed by atoms with Gasteiger partial charge in [-0.25, -0.2) is 0 Å². The minimum Gasteiger partial charge on any atom is -0.493 e. The van der Waals surface area contributed by atoms with Crippen LogP contribution >= 0.6 is 0 Å². The molecule has 24 heavy (non-hydrogen) atoms. The zero-order valence-corrected chi connectivity index (χ0v) is 14.8. The quantitative estimate of drug-likeness (QED) is 0.671. The molecule has 4 nitrogen and oxygen atoms in total. The molecule has 2 rings (SSSR count). The van der Waals surface area contributed by atoms with Crippen LogP contribution in [0.2, 0.25) is 0 Å². The van der Waals surface area contributed by atoms with E-state index >= 15 is 0 Å². The van der Waals surface area contributed by atoms with Gasteiger partial charge in [-0.1, -0.05) is 30.3 Å². The largest absolute Gasteiger partial charge is 0.493 e. The van der Waals surface area contributed by atoms with E-state index in [1.165, 1.54) is 11.1 Å². The third-order valence-corrected chi connectivity index (χ3v) is 3.96. The first kappa shape index (κ1) is 18.3. The number of nitrogens with one attached hydrogen (secondary N) is 1. The van der Waals surface area contributed by atoms with Gasteiger partial charge >= 0.3 is 0 Å². The molecule has 0 atom stereocenters. The molecule has 2 aromatic carbocycles. The lowest BCUT2D eigenvalue weighted by Gasteiger charge is -2.16. The summed E-state index contributed by atoms with van der Waals surface area (Å²) in [4.78, 5) is 0. The highest BCUT2D eigenvalue weighted by atomic mass is 16.5. The lowest BCUT2D eigenvalue weighted by Crippen LogP contribution is -2.16. The van der Waals surface area contributed by atoms with Crippen LogP contribution in [0.4, 0.5) is 0 Å². The topological polar surface area (TPSA) is 39.7 Å². The maximum atomic E-state index is 5.46. The Hall–Kier alpha value is -2.04. The lowest BCUT2D eigenvalue weighted by molar-refractivity contribution is 0.192. The molecule has 0 amide bonds. The van der Waals surface area contributed by atoms with Gasteiger partial charge in [0.1, 0.15) is 0 Å². The van der Waals surface area contributed by atoms with Crippen LogP contribution in [-0.4, -0.2) is 34.5 Å². The molecule has 0 aromatic heterocycles. The van der Waals surface area contributed by atoms with Crippen molar-refractivity contribution in [1.82, 2.24) is 5.32 Å². The summed E-state index contributed by atoms with van der Waals surface area (Å²) in [6, 6.07) is 14.5. The first-order chi connectivity index (χ1) is 11.8. The summed E-state index contributed by atoms with van der Waals surface area (Å²) in [6.45, 7) is 2.57. The molecule has 0 heterocycles. The molecule has 0 aliphatic carbocycles. The third-order valence-electron chi connectivity index (χ3n) is 3.96. The van der Waals surface area contributed by atoms with E-state index in [1.807, 2.05) is 18.2 Å². The van der Waals surface area contributed by atoms with Crippen LogP contribution in [0.1, 0.15) is 18.4 Å². The number of methoxy groups -OCH3 is 3. The minimum absolute atomic E-state index is 0.750. The van der Waals surface area contributed by atoms with Gasteiger partial charge in [-0.2, -0.15) is 0 Å². The Morgan fingerprint density at radius 2 is 1.58 bits per heavy atom. The number of ether oxygens (including phenoxy) is 3. The van der Waals surface area contributed by atoms with Gasteiger partial charge in [-0.05, 0) is 48.2 Å². The van der Waals surface area contributed by atoms with Crippen molar-refractivity contribution in [3.05, 3.63) is 48.0 Å². The SMILES string of the molecule is COCCCCNCc1cc(OC)c(OC)cc1-c1ccccc1. The van der Waals surface area contributed by atoms with Gasteiger partial charge in [-0.3, -0.25) is 0 Å². The molecule has 1 N–H and O–H groups in total. The van der Waals surface area contributed by atoms with Gasteiger partial charge in [0, 0.05) is 20.3 Å². The molecule has 0 bridgehead atoms. The summed E-state index contributed by atoms with van der Waals surface area (Å²) in [5.41, 5.74) is 3.54. The van der Waals surface area contributed by atoms with Gasteiger partial charge in [0.05, 0.1) is 14.2 Å². The van der Waals surface area contributed by atoms with E-state index < -0.39 is 0 Å². The second-order valence-electron chi connectivity index (χ2n) is 5.61. The molecule has 0 unspecified atom stereocenters.